The molecule has 0 N–H and O–H groups in total. The smallest absolute Gasteiger partial charge is 0.349 e. The molecule has 6 nitrogen and oxygen atoms in total. The zero-order chi connectivity index (χ0) is 17.0. The van der Waals surface area contributed by atoms with Crippen molar-refractivity contribution >= 4 is 23.3 Å². The number of hydrogen-bond donors (Lipinski definition) is 0. The molecule has 0 aliphatic carbocycles. The number of nitro benzene ring substituents is 1. The minimum atomic E-state index is -0.581. The van der Waals surface area contributed by atoms with E-state index in [0.29, 0.717) is 22.1 Å². The van der Waals surface area contributed by atoms with Gasteiger partial charge in [-0.1, -0.05) is 11.6 Å². The van der Waals surface area contributed by atoms with Crippen LogP contribution in [-0.2, 0) is 4.79 Å². The topological polar surface area (TPSA) is 78.7 Å². The molecule has 0 unspecified atom stereocenters. The first-order valence-corrected chi connectivity index (χ1v) is 7.09. The van der Waals surface area contributed by atoms with Crippen molar-refractivity contribution in [1.82, 2.24) is 0 Å². The molecular weight excluding hydrogens is 322 g/mol. The van der Waals surface area contributed by atoms with Crippen molar-refractivity contribution in [2.24, 2.45) is 0 Å². The maximum Gasteiger partial charge on any atom is 0.349 e. The van der Waals surface area contributed by atoms with Crippen LogP contribution in [0, 0.1) is 24.0 Å². The molecule has 0 spiro atoms. The standard InChI is InChI=1S/C16H14ClNO5/c1-10-7-13(3-5-14(10)17)23-16(19)9-22-12-4-6-15(18(20)21)11(2)8-12/h3-8H,9H2,1-2H3. The summed E-state index contributed by atoms with van der Waals surface area (Å²) >= 11 is 5.90. The molecule has 2 aromatic carbocycles. The summed E-state index contributed by atoms with van der Waals surface area (Å²) in [5, 5.41) is 11.3. The quantitative estimate of drug-likeness (QED) is 0.359. The zero-order valence-corrected chi connectivity index (χ0v) is 13.3. The van der Waals surface area contributed by atoms with Gasteiger partial charge in [0.25, 0.3) is 5.69 Å². The summed E-state index contributed by atoms with van der Waals surface area (Å²) in [6.07, 6.45) is 0. The number of esters is 1. The van der Waals surface area contributed by atoms with Crippen LogP contribution in [0.25, 0.3) is 0 Å². The number of carbonyl (C=O) groups is 1. The van der Waals surface area contributed by atoms with E-state index in [9.17, 15) is 14.9 Å². The molecule has 0 heterocycles. The molecule has 0 amide bonds. The number of nitro groups is 1. The van der Waals surface area contributed by atoms with E-state index in [4.69, 9.17) is 21.1 Å². The van der Waals surface area contributed by atoms with Gasteiger partial charge < -0.3 is 9.47 Å². The SMILES string of the molecule is Cc1cc(OC(=O)COc2ccc([N+](=O)[O-])c(C)c2)ccc1Cl. The lowest BCUT2D eigenvalue weighted by molar-refractivity contribution is -0.385. The lowest BCUT2D eigenvalue weighted by Gasteiger charge is -2.08. The Bertz CT molecular complexity index is 760. The predicted octanol–water partition coefficient (Wildman–Crippen LogP) is 3.85. The number of hydrogen-bond acceptors (Lipinski definition) is 5. The molecular formula is C16H14ClNO5. The number of benzene rings is 2. The summed E-state index contributed by atoms with van der Waals surface area (Å²) < 4.78 is 10.4. The highest BCUT2D eigenvalue weighted by Gasteiger charge is 2.12. The lowest BCUT2D eigenvalue weighted by atomic mass is 10.2. The first kappa shape index (κ1) is 16.8. The van der Waals surface area contributed by atoms with Gasteiger partial charge in [0.05, 0.1) is 4.92 Å². The number of aryl methyl sites for hydroxylation is 2. The van der Waals surface area contributed by atoms with Gasteiger partial charge in [-0.05, 0) is 49.7 Å². The Balaban J connectivity index is 1.95. The zero-order valence-electron chi connectivity index (χ0n) is 12.5. The third kappa shape index (κ3) is 4.43. The highest BCUT2D eigenvalue weighted by molar-refractivity contribution is 6.31. The van der Waals surface area contributed by atoms with E-state index in [1.807, 2.05) is 0 Å². The summed E-state index contributed by atoms with van der Waals surface area (Å²) in [6.45, 7) is 3.09. The van der Waals surface area contributed by atoms with Crippen LogP contribution < -0.4 is 9.47 Å². The number of halogens is 1. The van der Waals surface area contributed by atoms with Crippen LogP contribution in [0.3, 0.4) is 0 Å². The van der Waals surface area contributed by atoms with Gasteiger partial charge >= 0.3 is 5.97 Å². The van der Waals surface area contributed by atoms with Gasteiger partial charge in [-0.2, -0.15) is 0 Å². The number of carbonyl (C=O) groups excluding carboxylic acids is 1. The minimum Gasteiger partial charge on any atom is -0.482 e. The third-order valence-corrected chi connectivity index (χ3v) is 3.51. The fourth-order valence-electron chi connectivity index (χ4n) is 1.91. The Morgan fingerprint density at radius 1 is 1.13 bits per heavy atom. The largest absolute Gasteiger partial charge is 0.482 e. The van der Waals surface area contributed by atoms with Gasteiger partial charge in [-0.3, -0.25) is 10.1 Å². The molecule has 120 valence electrons. The van der Waals surface area contributed by atoms with Crippen LogP contribution in [0.1, 0.15) is 11.1 Å². The molecule has 2 aromatic rings. The van der Waals surface area contributed by atoms with Crippen LogP contribution in [0.15, 0.2) is 36.4 Å². The Labute approximate surface area is 137 Å². The minimum absolute atomic E-state index is 0.00318. The van der Waals surface area contributed by atoms with Gasteiger partial charge in [0.15, 0.2) is 6.61 Å². The fraction of sp³-hybridized carbons (Fsp3) is 0.188. The molecule has 0 aliphatic rings. The molecule has 0 saturated carbocycles. The average Bonchev–Trinajstić information content (AvgIpc) is 2.48. The van der Waals surface area contributed by atoms with E-state index in [1.165, 1.54) is 18.2 Å². The van der Waals surface area contributed by atoms with Crippen molar-refractivity contribution in [2.75, 3.05) is 6.61 Å². The first-order valence-electron chi connectivity index (χ1n) is 6.71. The van der Waals surface area contributed by atoms with Gasteiger partial charge in [0, 0.05) is 16.7 Å². The Morgan fingerprint density at radius 3 is 2.39 bits per heavy atom. The van der Waals surface area contributed by atoms with Crippen molar-refractivity contribution in [2.45, 2.75) is 13.8 Å². The van der Waals surface area contributed by atoms with E-state index in [0.717, 1.165) is 5.56 Å². The molecule has 2 rings (SSSR count). The lowest BCUT2D eigenvalue weighted by Crippen LogP contribution is -2.17. The summed E-state index contributed by atoms with van der Waals surface area (Å²) in [6, 6.07) is 9.14. The highest BCUT2D eigenvalue weighted by Crippen LogP contribution is 2.23. The summed E-state index contributed by atoms with van der Waals surface area (Å²) in [5.41, 5.74) is 1.25. The average molecular weight is 336 g/mol. The first-order chi connectivity index (χ1) is 10.9. The molecule has 23 heavy (non-hydrogen) atoms. The van der Waals surface area contributed by atoms with Gasteiger partial charge in [0.2, 0.25) is 0 Å². The van der Waals surface area contributed by atoms with Gasteiger partial charge in [-0.15, -0.1) is 0 Å². The van der Waals surface area contributed by atoms with E-state index in [2.05, 4.69) is 0 Å². The van der Waals surface area contributed by atoms with Crippen molar-refractivity contribution in [1.29, 1.82) is 0 Å². The molecule has 0 saturated heterocycles. The monoisotopic (exact) mass is 335 g/mol. The second kappa shape index (κ2) is 7.11. The van der Waals surface area contributed by atoms with Crippen LogP contribution in [0.2, 0.25) is 5.02 Å². The van der Waals surface area contributed by atoms with Crippen molar-refractivity contribution in [3.05, 3.63) is 62.7 Å². The second-order valence-corrected chi connectivity index (χ2v) is 5.29. The molecule has 7 heteroatoms. The predicted molar refractivity (Wildman–Crippen MR) is 85.2 cm³/mol. The summed E-state index contributed by atoms with van der Waals surface area (Å²) in [4.78, 5) is 22.0. The normalized spacial score (nSPS) is 10.2. The Morgan fingerprint density at radius 2 is 1.78 bits per heavy atom. The highest BCUT2D eigenvalue weighted by atomic mass is 35.5. The van der Waals surface area contributed by atoms with Crippen LogP contribution in [-0.4, -0.2) is 17.5 Å². The maximum atomic E-state index is 11.8. The van der Waals surface area contributed by atoms with Crippen molar-refractivity contribution < 1.29 is 19.2 Å². The van der Waals surface area contributed by atoms with E-state index in [-0.39, 0.29) is 12.3 Å². The Kier molecular flexibility index (Phi) is 5.18. The number of nitrogens with zero attached hydrogens (tertiary/aromatic N) is 1. The summed E-state index contributed by atoms with van der Waals surface area (Å²) in [7, 11) is 0. The molecule has 0 fully saturated rings. The van der Waals surface area contributed by atoms with Crippen LogP contribution in [0.4, 0.5) is 5.69 Å². The molecule has 0 radical (unpaired) electrons. The second-order valence-electron chi connectivity index (χ2n) is 4.88. The van der Waals surface area contributed by atoms with Gasteiger partial charge in [0.1, 0.15) is 11.5 Å². The Hall–Kier alpha value is -2.60. The van der Waals surface area contributed by atoms with Crippen molar-refractivity contribution in [3.8, 4) is 11.5 Å². The third-order valence-electron chi connectivity index (χ3n) is 3.08. The molecule has 0 aliphatic heterocycles. The van der Waals surface area contributed by atoms with E-state index < -0.39 is 10.9 Å². The fourth-order valence-corrected chi connectivity index (χ4v) is 2.02. The maximum absolute atomic E-state index is 11.8. The van der Waals surface area contributed by atoms with Crippen LogP contribution in [0.5, 0.6) is 11.5 Å². The number of rotatable bonds is 5. The summed E-state index contributed by atoms with van der Waals surface area (Å²) in [5.74, 6) is 0.153. The molecule has 0 atom stereocenters. The van der Waals surface area contributed by atoms with Crippen molar-refractivity contribution in [3.63, 3.8) is 0 Å². The molecule has 0 bridgehead atoms. The van der Waals surface area contributed by atoms with E-state index in [1.54, 1.807) is 32.0 Å². The van der Waals surface area contributed by atoms with E-state index >= 15 is 0 Å². The number of ether oxygens (including phenoxy) is 2. The molecule has 0 aromatic heterocycles. The van der Waals surface area contributed by atoms with Gasteiger partial charge in [-0.25, -0.2) is 4.79 Å². The van der Waals surface area contributed by atoms with Crippen LogP contribution >= 0.6 is 11.6 Å².